The molecule has 0 aliphatic carbocycles. The first-order chi connectivity index (χ1) is 7.57. The van der Waals surface area contributed by atoms with Gasteiger partial charge in [0.25, 0.3) is 0 Å². The number of sulfone groups is 1. The van der Waals surface area contributed by atoms with Gasteiger partial charge in [-0.15, -0.1) is 0 Å². The molecule has 2 N–H and O–H groups in total. The average molecular weight is 243 g/mol. The van der Waals surface area contributed by atoms with Crippen LogP contribution in [0.5, 0.6) is 0 Å². The summed E-state index contributed by atoms with van der Waals surface area (Å²) in [7, 11) is -3.34. The van der Waals surface area contributed by atoms with Crippen molar-refractivity contribution in [3.8, 4) is 0 Å². The summed E-state index contributed by atoms with van der Waals surface area (Å²) in [6, 6.07) is 4.23. The molecule has 1 aromatic carbocycles. The highest BCUT2D eigenvalue weighted by molar-refractivity contribution is 7.92. The Labute approximate surface area is 94.4 Å². The molecule has 0 saturated carbocycles. The summed E-state index contributed by atoms with van der Waals surface area (Å²) in [5.74, 6) is -0.420. The summed E-state index contributed by atoms with van der Waals surface area (Å²) in [4.78, 5) is 0.162. The highest BCUT2D eigenvalue weighted by atomic mass is 32.2. The second kappa shape index (κ2) is 4.14. The maximum absolute atomic E-state index is 13.4. The van der Waals surface area contributed by atoms with E-state index in [0.29, 0.717) is 24.9 Å². The van der Waals surface area contributed by atoms with Gasteiger partial charge in [-0.25, -0.2) is 12.8 Å². The van der Waals surface area contributed by atoms with Crippen LogP contribution in [0.3, 0.4) is 0 Å². The smallest absolute Gasteiger partial charge is 0.181 e. The van der Waals surface area contributed by atoms with Gasteiger partial charge in [-0.1, -0.05) is 6.07 Å². The molecule has 0 bridgehead atoms. The number of hydrogen-bond donors (Lipinski definition) is 1. The quantitative estimate of drug-likeness (QED) is 0.869. The fourth-order valence-electron chi connectivity index (χ4n) is 2.12. The third-order valence-electron chi connectivity index (χ3n) is 2.98. The van der Waals surface area contributed by atoms with Crippen LogP contribution in [0.2, 0.25) is 0 Å². The van der Waals surface area contributed by atoms with E-state index in [1.54, 1.807) is 0 Å². The van der Waals surface area contributed by atoms with Crippen molar-refractivity contribution in [1.29, 1.82) is 0 Å². The molecule has 1 aliphatic heterocycles. The monoisotopic (exact) mass is 243 g/mol. The maximum atomic E-state index is 13.4. The van der Waals surface area contributed by atoms with Crippen molar-refractivity contribution < 1.29 is 12.8 Å². The Morgan fingerprint density at radius 2 is 2.19 bits per heavy atom. The molecule has 1 atom stereocenters. The maximum Gasteiger partial charge on any atom is 0.181 e. The van der Waals surface area contributed by atoms with Crippen LogP contribution in [0, 0.1) is 5.82 Å². The highest BCUT2D eigenvalue weighted by Crippen LogP contribution is 2.34. The fourth-order valence-corrected chi connectivity index (χ4v) is 4.14. The number of rotatable bonds is 3. The summed E-state index contributed by atoms with van der Waals surface area (Å²) in [6.07, 6.45) is 1.44. The molecule has 0 saturated heterocycles. The van der Waals surface area contributed by atoms with Crippen molar-refractivity contribution in [3.05, 3.63) is 29.6 Å². The summed E-state index contributed by atoms with van der Waals surface area (Å²) < 4.78 is 37.5. The number of halogens is 1. The summed E-state index contributed by atoms with van der Waals surface area (Å²) in [5.41, 5.74) is 5.70. The number of nitrogens with two attached hydrogens (primary N) is 1. The van der Waals surface area contributed by atoms with Crippen LogP contribution in [-0.4, -0.2) is 20.2 Å². The van der Waals surface area contributed by atoms with Gasteiger partial charge in [0.1, 0.15) is 5.82 Å². The van der Waals surface area contributed by atoms with Gasteiger partial charge in [0.05, 0.1) is 10.1 Å². The molecule has 1 heterocycles. The van der Waals surface area contributed by atoms with Gasteiger partial charge in [-0.2, -0.15) is 0 Å². The normalized spacial score (nSPS) is 22.0. The molecule has 0 amide bonds. The lowest BCUT2D eigenvalue weighted by Crippen LogP contribution is -2.18. The van der Waals surface area contributed by atoms with Crippen LogP contribution < -0.4 is 5.73 Å². The fraction of sp³-hybridized carbons (Fsp3) is 0.455. The molecule has 1 aromatic rings. The van der Waals surface area contributed by atoms with Crippen LogP contribution in [0.4, 0.5) is 4.39 Å². The molecule has 1 unspecified atom stereocenters. The first-order valence-electron chi connectivity index (χ1n) is 5.28. The first kappa shape index (κ1) is 11.5. The van der Waals surface area contributed by atoms with Gasteiger partial charge in [0, 0.05) is 5.56 Å². The van der Waals surface area contributed by atoms with E-state index in [-0.39, 0.29) is 11.3 Å². The zero-order valence-corrected chi connectivity index (χ0v) is 9.63. The van der Waals surface area contributed by atoms with E-state index >= 15 is 0 Å². The number of fused-ring (bicyclic) bond motifs is 1. The van der Waals surface area contributed by atoms with E-state index in [1.165, 1.54) is 18.2 Å². The molecule has 1 aliphatic rings. The Balaban J connectivity index is 2.38. The topological polar surface area (TPSA) is 60.2 Å². The Morgan fingerprint density at radius 3 is 2.81 bits per heavy atom. The summed E-state index contributed by atoms with van der Waals surface area (Å²) in [5, 5.41) is -0.497. The van der Waals surface area contributed by atoms with Gasteiger partial charge in [-0.3, -0.25) is 0 Å². The summed E-state index contributed by atoms with van der Waals surface area (Å²) in [6.45, 7) is 0.463. The predicted octanol–water partition coefficient (Wildman–Crippen LogP) is 1.26. The Kier molecular flexibility index (Phi) is 2.99. The van der Waals surface area contributed by atoms with Crippen molar-refractivity contribution in [2.24, 2.45) is 5.73 Å². The van der Waals surface area contributed by atoms with Gasteiger partial charge in [0.2, 0.25) is 0 Å². The van der Waals surface area contributed by atoms with E-state index in [9.17, 15) is 12.8 Å². The molecule has 0 radical (unpaired) electrons. The third-order valence-corrected chi connectivity index (χ3v) is 5.26. The molecule has 0 aromatic heterocycles. The van der Waals surface area contributed by atoms with Crippen LogP contribution in [-0.2, 0) is 16.3 Å². The lowest BCUT2D eigenvalue weighted by atomic mass is 10.1. The molecular formula is C11H14FNO2S. The van der Waals surface area contributed by atoms with Crippen LogP contribution in [0.25, 0.3) is 0 Å². The van der Waals surface area contributed by atoms with Crippen LogP contribution >= 0.6 is 0 Å². The lowest BCUT2D eigenvalue weighted by molar-refractivity contribution is 0.574. The molecule has 0 spiro atoms. The van der Waals surface area contributed by atoms with Crippen molar-refractivity contribution in [1.82, 2.24) is 0 Å². The lowest BCUT2D eigenvalue weighted by Gasteiger charge is -2.07. The van der Waals surface area contributed by atoms with Crippen molar-refractivity contribution in [3.63, 3.8) is 0 Å². The SMILES string of the molecule is NCCCC1Cc2c(F)cccc2S1(=O)=O. The Morgan fingerprint density at radius 1 is 1.44 bits per heavy atom. The molecule has 16 heavy (non-hydrogen) atoms. The van der Waals surface area contributed by atoms with Gasteiger partial charge < -0.3 is 5.73 Å². The minimum absolute atomic E-state index is 0.162. The largest absolute Gasteiger partial charge is 0.330 e. The second-order valence-corrected chi connectivity index (χ2v) is 6.22. The van der Waals surface area contributed by atoms with Crippen molar-refractivity contribution in [2.75, 3.05) is 6.54 Å². The summed E-state index contributed by atoms with van der Waals surface area (Å²) >= 11 is 0. The molecule has 88 valence electrons. The molecule has 2 rings (SSSR count). The zero-order valence-electron chi connectivity index (χ0n) is 8.82. The molecular weight excluding hydrogens is 229 g/mol. The Bertz CT molecular complexity index is 499. The van der Waals surface area contributed by atoms with Gasteiger partial charge >= 0.3 is 0 Å². The van der Waals surface area contributed by atoms with E-state index in [4.69, 9.17) is 5.73 Å². The van der Waals surface area contributed by atoms with Gasteiger partial charge in [-0.05, 0) is 37.9 Å². The highest BCUT2D eigenvalue weighted by Gasteiger charge is 2.37. The van der Waals surface area contributed by atoms with E-state index in [0.717, 1.165) is 0 Å². The average Bonchev–Trinajstić information content (AvgIpc) is 2.50. The second-order valence-electron chi connectivity index (χ2n) is 4.02. The van der Waals surface area contributed by atoms with Crippen LogP contribution in [0.1, 0.15) is 18.4 Å². The van der Waals surface area contributed by atoms with E-state index in [2.05, 4.69) is 0 Å². The minimum atomic E-state index is -3.34. The number of benzene rings is 1. The minimum Gasteiger partial charge on any atom is -0.330 e. The standard InChI is InChI=1S/C11H14FNO2S/c12-10-4-1-5-11-9(10)7-8(3-2-6-13)16(11,14)15/h1,4-5,8H,2-3,6-7,13H2. The zero-order chi connectivity index (χ0) is 11.8. The number of hydrogen-bond acceptors (Lipinski definition) is 3. The molecule has 3 nitrogen and oxygen atoms in total. The van der Waals surface area contributed by atoms with E-state index < -0.39 is 20.9 Å². The molecule has 5 heteroatoms. The van der Waals surface area contributed by atoms with Crippen molar-refractivity contribution in [2.45, 2.75) is 29.4 Å². The van der Waals surface area contributed by atoms with E-state index in [1.807, 2.05) is 0 Å². The van der Waals surface area contributed by atoms with Gasteiger partial charge in [0.15, 0.2) is 9.84 Å². The molecule has 0 fully saturated rings. The third kappa shape index (κ3) is 1.74. The Hall–Kier alpha value is -0.940. The first-order valence-corrected chi connectivity index (χ1v) is 6.83. The van der Waals surface area contributed by atoms with Crippen molar-refractivity contribution >= 4 is 9.84 Å². The van der Waals surface area contributed by atoms with Crippen LogP contribution in [0.15, 0.2) is 23.1 Å². The predicted molar refractivity (Wildman–Crippen MR) is 59.4 cm³/mol.